The molecule has 184 valence electrons. The summed E-state index contributed by atoms with van der Waals surface area (Å²) < 4.78 is 11.8. The van der Waals surface area contributed by atoms with E-state index in [4.69, 9.17) is 9.47 Å². The Morgan fingerprint density at radius 3 is 2.62 bits per heavy atom. The fourth-order valence-electron chi connectivity index (χ4n) is 4.99. The Morgan fingerprint density at radius 1 is 1.15 bits per heavy atom. The van der Waals surface area contributed by atoms with Gasteiger partial charge < -0.3 is 19.5 Å². The van der Waals surface area contributed by atoms with Crippen LogP contribution in [0.2, 0.25) is 0 Å². The van der Waals surface area contributed by atoms with Gasteiger partial charge in [0.2, 0.25) is 0 Å². The van der Waals surface area contributed by atoms with Gasteiger partial charge in [0.15, 0.2) is 0 Å². The van der Waals surface area contributed by atoms with E-state index in [1.165, 1.54) is 12.8 Å². The highest BCUT2D eigenvalue weighted by Gasteiger charge is 2.32. The highest BCUT2D eigenvalue weighted by Crippen LogP contribution is 2.26. The van der Waals surface area contributed by atoms with Gasteiger partial charge in [-0.15, -0.1) is 0 Å². The molecule has 2 aromatic carbocycles. The molecule has 1 saturated carbocycles. The lowest BCUT2D eigenvalue weighted by atomic mass is 10.1. The van der Waals surface area contributed by atoms with Gasteiger partial charge in [0.05, 0.1) is 32.0 Å². The van der Waals surface area contributed by atoms with Crippen molar-refractivity contribution in [2.24, 2.45) is 0 Å². The van der Waals surface area contributed by atoms with Crippen molar-refractivity contribution in [2.45, 2.75) is 57.5 Å². The summed E-state index contributed by atoms with van der Waals surface area (Å²) in [7, 11) is 0. The van der Waals surface area contributed by atoms with Crippen molar-refractivity contribution in [2.75, 3.05) is 39.4 Å². The first-order valence-corrected chi connectivity index (χ1v) is 12.6. The first-order valence-electron chi connectivity index (χ1n) is 12.6. The van der Waals surface area contributed by atoms with Crippen LogP contribution in [0.5, 0.6) is 0 Å². The Balaban J connectivity index is 1.29. The minimum atomic E-state index is -0.553. The molecule has 6 nitrogen and oxygen atoms in total. The molecule has 1 amide bonds. The van der Waals surface area contributed by atoms with Crippen molar-refractivity contribution in [1.29, 1.82) is 0 Å². The molecule has 1 N–H and O–H groups in total. The second-order valence-electron chi connectivity index (χ2n) is 9.67. The smallest absolute Gasteiger partial charge is 0.254 e. The number of ether oxygens (including phenoxy) is 2. The molecule has 1 saturated heterocycles. The maximum atomic E-state index is 13.4. The summed E-state index contributed by atoms with van der Waals surface area (Å²) in [5.74, 6) is 0.0990. The van der Waals surface area contributed by atoms with Gasteiger partial charge in [-0.1, -0.05) is 60.9 Å². The van der Waals surface area contributed by atoms with Crippen molar-refractivity contribution in [1.82, 2.24) is 9.80 Å². The Bertz CT molecular complexity index is 883. The van der Waals surface area contributed by atoms with Crippen LogP contribution < -0.4 is 0 Å². The third-order valence-corrected chi connectivity index (χ3v) is 6.84. The van der Waals surface area contributed by atoms with Gasteiger partial charge >= 0.3 is 0 Å². The number of carbonyl (C=O) groups is 1. The van der Waals surface area contributed by atoms with Crippen molar-refractivity contribution in [3.63, 3.8) is 0 Å². The maximum Gasteiger partial charge on any atom is 0.254 e. The third kappa shape index (κ3) is 7.12. The summed E-state index contributed by atoms with van der Waals surface area (Å²) in [6.07, 6.45) is 3.87. The van der Waals surface area contributed by atoms with Gasteiger partial charge in [-0.2, -0.15) is 0 Å². The van der Waals surface area contributed by atoms with E-state index in [1.807, 2.05) is 66.4 Å². The Hall–Kier alpha value is -2.25. The summed E-state index contributed by atoms with van der Waals surface area (Å²) in [6.45, 7) is 6.08. The Kier molecular flexibility index (Phi) is 9.11. The van der Waals surface area contributed by atoms with Crippen LogP contribution in [0.4, 0.5) is 0 Å². The van der Waals surface area contributed by atoms with Crippen molar-refractivity contribution < 1.29 is 19.4 Å². The van der Waals surface area contributed by atoms with Gasteiger partial charge in [0.25, 0.3) is 5.91 Å². The zero-order chi connectivity index (χ0) is 23.8. The van der Waals surface area contributed by atoms with Crippen molar-refractivity contribution >= 4 is 5.91 Å². The number of carbonyl (C=O) groups excluding carboxylic acids is 1. The molecule has 2 unspecified atom stereocenters. The van der Waals surface area contributed by atoms with E-state index in [-0.39, 0.29) is 18.1 Å². The van der Waals surface area contributed by atoms with E-state index in [9.17, 15) is 9.90 Å². The Morgan fingerprint density at radius 2 is 1.88 bits per heavy atom. The van der Waals surface area contributed by atoms with Crippen LogP contribution in [0, 0.1) is 6.92 Å². The third-order valence-electron chi connectivity index (χ3n) is 6.84. The fourth-order valence-corrected chi connectivity index (χ4v) is 4.99. The lowest BCUT2D eigenvalue weighted by Crippen LogP contribution is -2.52. The van der Waals surface area contributed by atoms with Crippen LogP contribution >= 0.6 is 0 Å². The lowest BCUT2D eigenvalue weighted by molar-refractivity contribution is -0.0622. The number of hydrogen-bond donors (Lipinski definition) is 1. The number of nitrogens with zero attached hydrogens (tertiary/aromatic N) is 2. The molecule has 1 aliphatic carbocycles. The number of hydrogen-bond acceptors (Lipinski definition) is 5. The van der Waals surface area contributed by atoms with Crippen LogP contribution in [0.15, 0.2) is 54.6 Å². The number of rotatable bonds is 10. The van der Waals surface area contributed by atoms with Crippen LogP contribution in [0.25, 0.3) is 0 Å². The zero-order valence-corrected chi connectivity index (χ0v) is 20.3. The molecule has 0 aromatic heterocycles. The van der Waals surface area contributed by atoms with Crippen molar-refractivity contribution in [3.05, 3.63) is 71.3 Å². The predicted molar refractivity (Wildman–Crippen MR) is 133 cm³/mol. The van der Waals surface area contributed by atoms with Gasteiger partial charge in [0, 0.05) is 37.8 Å². The SMILES string of the molecule is Cc1ccc(C(=O)N(CC2CN(CC(O)COCc3ccccc3)CCO2)C2CCCC2)cc1. The normalized spacial score (nSPS) is 20.4. The monoisotopic (exact) mass is 466 g/mol. The molecule has 2 aromatic rings. The second-order valence-corrected chi connectivity index (χ2v) is 9.67. The number of β-amino-alcohol motifs (C(OH)–C–C–N with tert-alkyl or cyclic N) is 1. The summed E-state index contributed by atoms with van der Waals surface area (Å²) in [4.78, 5) is 17.7. The minimum absolute atomic E-state index is 0.0545. The molecule has 4 rings (SSSR count). The molecule has 2 fully saturated rings. The summed E-state index contributed by atoms with van der Waals surface area (Å²) >= 11 is 0. The topological polar surface area (TPSA) is 62.2 Å². The van der Waals surface area contributed by atoms with E-state index >= 15 is 0 Å². The number of morpholine rings is 1. The number of aliphatic hydroxyl groups excluding tert-OH is 1. The molecule has 34 heavy (non-hydrogen) atoms. The first-order chi connectivity index (χ1) is 16.6. The zero-order valence-electron chi connectivity index (χ0n) is 20.3. The lowest BCUT2D eigenvalue weighted by Gasteiger charge is -2.38. The van der Waals surface area contributed by atoms with Crippen LogP contribution in [0.3, 0.4) is 0 Å². The van der Waals surface area contributed by atoms with Crippen LogP contribution in [0.1, 0.15) is 47.2 Å². The molecule has 0 bridgehead atoms. The molecular formula is C28H38N2O4. The fraction of sp³-hybridized carbons (Fsp3) is 0.536. The summed E-state index contributed by atoms with van der Waals surface area (Å²) in [5.41, 5.74) is 3.00. The standard InChI is InChI=1S/C28H38N2O4/c1-22-11-13-24(14-12-22)28(32)30(25-9-5-6-10-25)19-27-18-29(15-16-34-27)17-26(31)21-33-20-23-7-3-2-4-8-23/h2-4,7-8,11-14,25-27,31H,5-6,9-10,15-21H2,1H3. The molecule has 6 heteroatoms. The average molecular weight is 467 g/mol. The molecule has 0 radical (unpaired) electrons. The van der Waals surface area contributed by atoms with Gasteiger partial charge in [0.1, 0.15) is 0 Å². The number of aryl methyl sites for hydroxylation is 1. The summed E-state index contributed by atoms with van der Waals surface area (Å²) in [5, 5.41) is 10.5. The van der Waals surface area contributed by atoms with Crippen molar-refractivity contribution in [3.8, 4) is 0 Å². The summed E-state index contributed by atoms with van der Waals surface area (Å²) in [6, 6.07) is 18.1. The van der Waals surface area contributed by atoms with Gasteiger partial charge in [-0.3, -0.25) is 9.69 Å². The molecule has 2 aliphatic rings. The maximum absolute atomic E-state index is 13.4. The van der Waals surface area contributed by atoms with E-state index in [0.29, 0.717) is 39.5 Å². The number of benzene rings is 2. The molecule has 1 aliphatic heterocycles. The van der Waals surface area contributed by atoms with E-state index < -0.39 is 6.10 Å². The molecule has 1 heterocycles. The number of amides is 1. The predicted octanol–water partition coefficient (Wildman–Crippen LogP) is 3.66. The highest BCUT2D eigenvalue weighted by molar-refractivity contribution is 5.94. The minimum Gasteiger partial charge on any atom is -0.389 e. The average Bonchev–Trinajstić information content (AvgIpc) is 3.38. The van der Waals surface area contributed by atoms with E-state index in [0.717, 1.165) is 36.1 Å². The molecule has 2 atom stereocenters. The second kappa shape index (κ2) is 12.5. The quantitative estimate of drug-likeness (QED) is 0.579. The van der Waals surface area contributed by atoms with Crippen LogP contribution in [-0.4, -0.2) is 78.5 Å². The van der Waals surface area contributed by atoms with E-state index in [2.05, 4.69) is 4.90 Å². The van der Waals surface area contributed by atoms with E-state index in [1.54, 1.807) is 0 Å². The largest absolute Gasteiger partial charge is 0.389 e. The molecule has 0 spiro atoms. The van der Waals surface area contributed by atoms with Gasteiger partial charge in [-0.25, -0.2) is 0 Å². The first kappa shape index (κ1) is 24.9. The van der Waals surface area contributed by atoms with Crippen LogP contribution in [-0.2, 0) is 16.1 Å². The highest BCUT2D eigenvalue weighted by atomic mass is 16.5. The number of aliphatic hydroxyl groups is 1. The van der Waals surface area contributed by atoms with Gasteiger partial charge in [-0.05, 0) is 37.5 Å². The molecular weight excluding hydrogens is 428 g/mol. The Labute approximate surface area is 203 Å².